The minimum absolute atomic E-state index is 0.0569. The first-order valence-corrected chi connectivity index (χ1v) is 6.76. The minimum atomic E-state index is -0.176. The number of likely N-dealkylation sites (N-methyl/N-ethyl adjacent to an activating group) is 1. The molecular formula is C13H24N4O. The molecule has 1 aromatic rings. The Hall–Kier alpha value is -0.940. The number of hydrogen-bond acceptors (Lipinski definition) is 5. The van der Waals surface area contributed by atoms with Crippen LogP contribution in [0.5, 0.6) is 0 Å². The van der Waals surface area contributed by atoms with E-state index in [1.165, 1.54) is 19.3 Å². The molecule has 1 aliphatic carbocycles. The molecule has 0 amide bonds. The van der Waals surface area contributed by atoms with Crippen LogP contribution in [0.25, 0.3) is 0 Å². The van der Waals surface area contributed by atoms with E-state index in [4.69, 9.17) is 10.3 Å². The number of hydrogen-bond donors (Lipinski definition) is 1. The first-order chi connectivity index (χ1) is 8.51. The molecule has 0 aliphatic heterocycles. The van der Waals surface area contributed by atoms with Crippen molar-refractivity contribution in [2.45, 2.75) is 50.5 Å². The highest BCUT2D eigenvalue weighted by Crippen LogP contribution is 2.38. The molecule has 0 spiro atoms. The summed E-state index contributed by atoms with van der Waals surface area (Å²) in [6.07, 6.45) is 6.09. The summed E-state index contributed by atoms with van der Waals surface area (Å²) < 4.78 is 5.45. The third kappa shape index (κ3) is 2.90. The van der Waals surface area contributed by atoms with Crippen molar-refractivity contribution in [2.24, 2.45) is 5.73 Å². The molecule has 1 heterocycles. The molecule has 1 aliphatic rings. The Kier molecular flexibility index (Phi) is 4.02. The molecule has 0 saturated heterocycles. The van der Waals surface area contributed by atoms with Gasteiger partial charge in [0, 0.05) is 12.0 Å². The SMILES string of the molecule is CN(C)CC(N)c1noc(C2(C)CCCCC2)n1. The number of nitrogens with zero attached hydrogens (tertiary/aromatic N) is 3. The predicted molar refractivity (Wildman–Crippen MR) is 70.2 cm³/mol. The van der Waals surface area contributed by atoms with Gasteiger partial charge < -0.3 is 15.2 Å². The molecule has 0 radical (unpaired) electrons. The average molecular weight is 252 g/mol. The van der Waals surface area contributed by atoms with Gasteiger partial charge in [-0.1, -0.05) is 31.3 Å². The van der Waals surface area contributed by atoms with Crippen LogP contribution >= 0.6 is 0 Å². The van der Waals surface area contributed by atoms with Crippen molar-refractivity contribution in [1.29, 1.82) is 0 Å². The second kappa shape index (κ2) is 5.36. The number of aromatic nitrogens is 2. The maximum absolute atomic E-state index is 6.06. The Balaban J connectivity index is 2.09. The summed E-state index contributed by atoms with van der Waals surface area (Å²) in [5.41, 5.74) is 6.11. The molecule has 1 unspecified atom stereocenters. The third-order valence-electron chi connectivity index (χ3n) is 3.81. The van der Waals surface area contributed by atoms with Gasteiger partial charge in [-0.05, 0) is 26.9 Å². The van der Waals surface area contributed by atoms with E-state index in [-0.39, 0.29) is 11.5 Å². The van der Waals surface area contributed by atoms with Crippen molar-refractivity contribution in [3.05, 3.63) is 11.7 Å². The van der Waals surface area contributed by atoms with Crippen molar-refractivity contribution in [3.8, 4) is 0 Å². The molecule has 5 nitrogen and oxygen atoms in total. The van der Waals surface area contributed by atoms with Crippen molar-refractivity contribution in [3.63, 3.8) is 0 Å². The lowest BCUT2D eigenvalue weighted by molar-refractivity contribution is 0.231. The molecular weight excluding hydrogens is 228 g/mol. The molecule has 1 aromatic heterocycles. The summed E-state index contributed by atoms with van der Waals surface area (Å²) in [6.45, 7) is 2.95. The first-order valence-electron chi connectivity index (χ1n) is 6.76. The van der Waals surface area contributed by atoms with Gasteiger partial charge in [0.2, 0.25) is 5.89 Å². The summed E-state index contributed by atoms with van der Waals surface area (Å²) in [6, 6.07) is -0.176. The number of rotatable bonds is 4. The van der Waals surface area contributed by atoms with Crippen molar-refractivity contribution in [2.75, 3.05) is 20.6 Å². The Morgan fingerprint density at radius 1 is 1.33 bits per heavy atom. The molecule has 2 N–H and O–H groups in total. The highest BCUT2D eigenvalue weighted by atomic mass is 16.5. The van der Waals surface area contributed by atoms with Gasteiger partial charge in [-0.25, -0.2) is 0 Å². The Labute approximate surface area is 109 Å². The van der Waals surface area contributed by atoms with Gasteiger partial charge in [0.25, 0.3) is 0 Å². The third-order valence-corrected chi connectivity index (χ3v) is 3.81. The predicted octanol–water partition coefficient (Wildman–Crippen LogP) is 1.85. The molecule has 1 saturated carbocycles. The minimum Gasteiger partial charge on any atom is -0.339 e. The van der Waals surface area contributed by atoms with E-state index in [0.29, 0.717) is 5.82 Å². The molecule has 5 heteroatoms. The van der Waals surface area contributed by atoms with E-state index >= 15 is 0 Å². The quantitative estimate of drug-likeness (QED) is 0.885. The van der Waals surface area contributed by atoms with Crippen molar-refractivity contribution < 1.29 is 4.52 Å². The fourth-order valence-electron chi connectivity index (χ4n) is 2.65. The molecule has 2 rings (SSSR count). The lowest BCUT2D eigenvalue weighted by Crippen LogP contribution is -2.28. The van der Waals surface area contributed by atoms with Gasteiger partial charge in [0.05, 0.1) is 6.04 Å². The van der Waals surface area contributed by atoms with Crippen LogP contribution in [0.3, 0.4) is 0 Å². The lowest BCUT2D eigenvalue weighted by atomic mass is 9.75. The van der Waals surface area contributed by atoms with Gasteiger partial charge in [0.15, 0.2) is 5.82 Å². The summed E-state index contributed by atoms with van der Waals surface area (Å²) in [7, 11) is 3.98. The Bertz CT molecular complexity index is 382. The first kappa shape index (κ1) is 13.5. The normalized spacial score (nSPS) is 21.2. The van der Waals surface area contributed by atoms with Crippen LogP contribution in [-0.4, -0.2) is 35.7 Å². The van der Waals surface area contributed by atoms with Crippen LogP contribution in [-0.2, 0) is 5.41 Å². The van der Waals surface area contributed by atoms with Gasteiger partial charge >= 0.3 is 0 Å². The zero-order chi connectivity index (χ0) is 13.2. The summed E-state index contributed by atoms with van der Waals surface area (Å²) in [4.78, 5) is 6.56. The molecule has 18 heavy (non-hydrogen) atoms. The molecule has 1 fully saturated rings. The van der Waals surface area contributed by atoms with E-state index in [0.717, 1.165) is 25.3 Å². The molecule has 1 atom stereocenters. The van der Waals surface area contributed by atoms with Gasteiger partial charge in [-0.3, -0.25) is 0 Å². The second-order valence-corrected chi connectivity index (χ2v) is 5.95. The van der Waals surface area contributed by atoms with Crippen molar-refractivity contribution in [1.82, 2.24) is 15.0 Å². The lowest BCUT2D eigenvalue weighted by Gasteiger charge is -2.29. The largest absolute Gasteiger partial charge is 0.339 e. The second-order valence-electron chi connectivity index (χ2n) is 5.95. The molecule has 0 bridgehead atoms. The van der Waals surface area contributed by atoms with Crippen LogP contribution in [0.15, 0.2) is 4.52 Å². The molecule has 0 aromatic carbocycles. The van der Waals surface area contributed by atoms with E-state index in [9.17, 15) is 0 Å². The van der Waals surface area contributed by atoms with Gasteiger partial charge in [0.1, 0.15) is 0 Å². The Morgan fingerprint density at radius 3 is 2.61 bits per heavy atom. The standard InChI is InChI=1S/C13H24N4O/c1-13(7-5-4-6-8-13)12-15-11(16-18-12)10(14)9-17(2)3/h10H,4-9,14H2,1-3H3. The van der Waals surface area contributed by atoms with Gasteiger partial charge in [-0.2, -0.15) is 4.98 Å². The zero-order valence-electron chi connectivity index (χ0n) is 11.6. The molecule has 102 valence electrons. The smallest absolute Gasteiger partial charge is 0.232 e. The maximum Gasteiger partial charge on any atom is 0.232 e. The average Bonchev–Trinajstić information content (AvgIpc) is 2.79. The van der Waals surface area contributed by atoms with E-state index in [1.54, 1.807) is 0 Å². The van der Waals surface area contributed by atoms with Crippen LogP contribution < -0.4 is 5.73 Å². The van der Waals surface area contributed by atoms with E-state index < -0.39 is 0 Å². The summed E-state index contributed by atoms with van der Waals surface area (Å²) >= 11 is 0. The van der Waals surface area contributed by atoms with E-state index in [1.807, 2.05) is 19.0 Å². The highest BCUT2D eigenvalue weighted by molar-refractivity contribution is 5.06. The Morgan fingerprint density at radius 2 is 2.00 bits per heavy atom. The van der Waals surface area contributed by atoms with Gasteiger partial charge in [-0.15, -0.1) is 0 Å². The summed E-state index contributed by atoms with van der Waals surface area (Å²) in [5, 5.41) is 4.05. The highest BCUT2D eigenvalue weighted by Gasteiger charge is 2.34. The van der Waals surface area contributed by atoms with Crippen LogP contribution in [0.4, 0.5) is 0 Å². The zero-order valence-corrected chi connectivity index (χ0v) is 11.6. The fourth-order valence-corrected chi connectivity index (χ4v) is 2.65. The topological polar surface area (TPSA) is 68.2 Å². The van der Waals surface area contributed by atoms with E-state index in [2.05, 4.69) is 17.1 Å². The van der Waals surface area contributed by atoms with Crippen LogP contribution in [0.1, 0.15) is 56.8 Å². The summed E-state index contributed by atoms with van der Waals surface area (Å²) in [5.74, 6) is 1.40. The fraction of sp³-hybridized carbons (Fsp3) is 0.846. The number of nitrogens with two attached hydrogens (primary N) is 1. The van der Waals surface area contributed by atoms with Crippen molar-refractivity contribution >= 4 is 0 Å². The monoisotopic (exact) mass is 252 g/mol. The van der Waals surface area contributed by atoms with Crippen LogP contribution in [0, 0.1) is 0 Å². The maximum atomic E-state index is 6.06. The van der Waals surface area contributed by atoms with Crippen LogP contribution in [0.2, 0.25) is 0 Å².